The molecule has 0 aliphatic carbocycles. The lowest BCUT2D eigenvalue weighted by atomic mass is 10.2. The van der Waals surface area contributed by atoms with Crippen LogP contribution < -0.4 is 10.3 Å². The minimum Gasteiger partial charge on any atom is -0.497 e. The van der Waals surface area contributed by atoms with Crippen molar-refractivity contribution in [2.24, 2.45) is 0 Å². The molecule has 136 valence electrons. The highest BCUT2D eigenvalue weighted by atomic mass is 32.2. The third-order valence-electron chi connectivity index (χ3n) is 4.01. The molecule has 0 amide bonds. The summed E-state index contributed by atoms with van der Waals surface area (Å²) < 4.78 is 19.5. The molecule has 2 heterocycles. The van der Waals surface area contributed by atoms with E-state index in [-0.39, 0.29) is 11.4 Å². The van der Waals surface area contributed by atoms with Crippen molar-refractivity contribution in [3.63, 3.8) is 0 Å². The lowest BCUT2D eigenvalue weighted by molar-refractivity contribution is 0.415. The number of thiophene rings is 1. The summed E-state index contributed by atoms with van der Waals surface area (Å²) in [7, 11) is 1.62. The van der Waals surface area contributed by atoms with Gasteiger partial charge in [-0.2, -0.15) is 0 Å². The van der Waals surface area contributed by atoms with Crippen LogP contribution in [0.25, 0.3) is 20.7 Å². The molecule has 0 unspecified atom stereocenters. The largest absolute Gasteiger partial charge is 0.497 e. The number of thioether (sulfide) groups is 1. The summed E-state index contributed by atoms with van der Waals surface area (Å²) in [6.07, 6.45) is 0. The Labute approximate surface area is 163 Å². The smallest absolute Gasteiger partial charge is 0.268 e. The lowest BCUT2D eigenvalue weighted by Gasteiger charge is -2.02. The van der Waals surface area contributed by atoms with Crippen LogP contribution in [0.4, 0.5) is 4.39 Å². The Balaban J connectivity index is 1.63. The Morgan fingerprint density at radius 1 is 1.19 bits per heavy atom. The molecule has 0 fully saturated rings. The maximum absolute atomic E-state index is 13.7. The molecule has 2 aromatic heterocycles. The molecular weight excluding hydrogens is 383 g/mol. The molecule has 0 saturated heterocycles. The molecule has 4 rings (SSSR count). The normalized spacial score (nSPS) is 11.0. The number of hydrogen-bond donors (Lipinski definition) is 1. The van der Waals surface area contributed by atoms with Gasteiger partial charge in [-0.1, -0.05) is 12.1 Å². The molecule has 7 heteroatoms. The molecule has 0 radical (unpaired) electrons. The average molecular weight is 398 g/mol. The highest BCUT2D eigenvalue weighted by Crippen LogP contribution is 2.32. The zero-order chi connectivity index (χ0) is 18.8. The number of aromatic nitrogens is 2. The molecular formula is C20H15FN2O2S2. The first-order valence-corrected chi connectivity index (χ1v) is 9.99. The number of ether oxygens (including phenoxy) is 1. The van der Waals surface area contributed by atoms with Crippen molar-refractivity contribution in [1.29, 1.82) is 0 Å². The number of fused-ring (bicyclic) bond motifs is 1. The zero-order valence-corrected chi connectivity index (χ0v) is 16.0. The first-order chi connectivity index (χ1) is 13.1. The Bertz CT molecular complexity index is 1150. The van der Waals surface area contributed by atoms with Gasteiger partial charge in [-0.15, -0.1) is 23.1 Å². The topological polar surface area (TPSA) is 55.0 Å². The van der Waals surface area contributed by atoms with E-state index in [2.05, 4.69) is 9.97 Å². The second-order valence-electron chi connectivity index (χ2n) is 5.79. The van der Waals surface area contributed by atoms with E-state index in [1.807, 2.05) is 30.3 Å². The van der Waals surface area contributed by atoms with Crippen LogP contribution in [0.3, 0.4) is 0 Å². The van der Waals surface area contributed by atoms with Crippen LogP contribution >= 0.6 is 23.1 Å². The fourth-order valence-electron chi connectivity index (χ4n) is 2.66. The van der Waals surface area contributed by atoms with Gasteiger partial charge in [-0.3, -0.25) is 4.79 Å². The molecule has 0 bridgehead atoms. The molecule has 0 aliphatic rings. The van der Waals surface area contributed by atoms with Gasteiger partial charge >= 0.3 is 0 Å². The third kappa shape index (κ3) is 3.74. The van der Waals surface area contributed by atoms with E-state index in [4.69, 9.17) is 4.74 Å². The highest BCUT2D eigenvalue weighted by molar-refractivity contribution is 7.98. The fourth-order valence-corrected chi connectivity index (χ4v) is 4.47. The van der Waals surface area contributed by atoms with Gasteiger partial charge in [0.25, 0.3) is 5.56 Å². The van der Waals surface area contributed by atoms with Gasteiger partial charge in [-0.25, -0.2) is 9.37 Å². The zero-order valence-electron chi connectivity index (χ0n) is 14.4. The minimum atomic E-state index is -0.275. The number of halogens is 1. The molecule has 0 atom stereocenters. The number of nitrogens with one attached hydrogen (secondary N) is 1. The third-order valence-corrected chi connectivity index (χ3v) is 6.24. The summed E-state index contributed by atoms with van der Waals surface area (Å²) >= 11 is 2.71. The minimum absolute atomic E-state index is 0.172. The van der Waals surface area contributed by atoms with Crippen LogP contribution in [0.2, 0.25) is 0 Å². The Morgan fingerprint density at radius 3 is 2.70 bits per heavy atom. The van der Waals surface area contributed by atoms with Gasteiger partial charge in [0.15, 0.2) is 0 Å². The molecule has 2 aromatic carbocycles. The van der Waals surface area contributed by atoms with Crippen LogP contribution in [0.1, 0.15) is 5.82 Å². The summed E-state index contributed by atoms with van der Waals surface area (Å²) in [6, 6.07) is 16.1. The number of hydrogen-bond acceptors (Lipinski definition) is 5. The van der Waals surface area contributed by atoms with Crippen molar-refractivity contribution < 1.29 is 9.13 Å². The van der Waals surface area contributed by atoms with E-state index >= 15 is 0 Å². The van der Waals surface area contributed by atoms with Gasteiger partial charge in [0.2, 0.25) is 0 Å². The van der Waals surface area contributed by atoms with Crippen molar-refractivity contribution in [3.8, 4) is 16.2 Å². The molecule has 27 heavy (non-hydrogen) atoms. The number of methoxy groups -OCH3 is 1. The van der Waals surface area contributed by atoms with E-state index in [9.17, 15) is 9.18 Å². The van der Waals surface area contributed by atoms with Crippen molar-refractivity contribution in [2.75, 3.05) is 7.11 Å². The van der Waals surface area contributed by atoms with Crippen LogP contribution in [-0.2, 0) is 5.75 Å². The summed E-state index contributed by atoms with van der Waals surface area (Å²) in [6.45, 7) is 0. The van der Waals surface area contributed by atoms with Crippen LogP contribution in [0.5, 0.6) is 5.75 Å². The number of benzene rings is 2. The van der Waals surface area contributed by atoms with Crippen molar-refractivity contribution in [2.45, 2.75) is 10.6 Å². The fraction of sp³-hybridized carbons (Fsp3) is 0.100. The first-order valence-electron chi connectivity index (χ1n) is 8.18. The van der Waals surface area contributed by atoms with Gasteiger partial charge in [0, 0.05) is 9.77 Å². The van der Waals surface area contributed by atoms with Gasteiger partial charge in [0.1, 0.15) is 22.1 Å². The van der Waals surface area contributed by atoms with Crippen molar-refractivity contribution in [3.05, 3.63) is 76.6 Å². The second kappa shape index (κ2) is 7.54. The molecule has 0 saturated carbocycles. The van der Waals surface area contributed by atoms with Gasteiger partial charge in [-0.05, 0) is 48.0 Å². The standard InChI is InChI=1S/C20H15FN2O2S2/c1-25-13-8-6-12(7-9-13)17-10-15-19(27-17)20(24)23-18(22-15)11-26-16-5-3-2-4-14(16)21/h2-10H,11H2,1H3,(H,22,23,24). The second-order valence-corrected chi connectivity index (χ2v) is 7.85. The highest BCUT2D eigenvalue weighted by Gasteiger charge is 2.11. The summed E-state index contributed by atoms with van der Waals surface area (Å²) in [5.74, 6) is 1.42. The molecule has 0 aliphatic heterocycles. The van der Waals surface area contributed by atoms with Crippen LogP contribution in [0, 0.1) is 5.82 Å². The Hall–Kier alpha value is -2.64. The number of aromatic amines is 1. The summed E-state index contributed by atoms with van der Waals surface area (Å²) in [4.78, 5) is 21.3. The Kier molecular flexibility index (Phi) is 4.96. The van der Waals surface area contributed by atoms with Crippen molar-refractivity contribution in [1.82, 2.24) is 9.97 Å². The van der Waals surface area contributed by atoms with Crippen LogP contribution in [-0.4, -0.2) is 17.1 Å². The predicted octanol–water partition coefficient (Wildman–Crippen LogP) is 5.09. The number of nitrogens with zero attached hydrogens (tertiary/aromatic N) is 1. The van der Waals surface area contributed by atoms with E-state index in [0.717, 1.165) is 16.2 Å². The number of rotatable bonds is 5. The summed E-state index contributed by atoms with van der Waals surface area (Å²) in [5.41, 5.74) is 1.48. The van der Waals surface area contributed by atoms with E-state index in [1.165, 1.54) is 29.2 Å². The van der Waals surface area contributed by atoms with E-state index in [0.29, 0.717) is 26.7 Å². The van der Waals surface area contributed by atoms with E-state index in [1.54, 1.807) is 25.3 Å². The number of H-pyrrole nitrogens is 1. The van der Waals surface area contributed by atoms with Gasteiger partial charge < -0.3 is 9.72 Å². The maximum atomic E-state index is 13.7. The maximum Gasteiger partial charge on any atom is 0.268 e. The van der Waals surface area contributed by atoms with Crippen LogP contribution in [0.15, 0.2) is 64.3 Å². The first kappa shape index (κ1) is 17.8. The molecule has 4 aromatic rings. The quantitative estimate of drug-likeness (QED) is 0.476. The predicted molar refractivity (Wildman–Crippen MR) is 108 cm³/mol. The van der Waals surface area contributed by atoms with E-state index < -0.39 is 0 Å². The summed E-state index contributed by atoms with van der Waals surface area (Å²) in [5, 5.41) is 0. The van der Waals surface area contributed by atoms with Crippen molar-refractivity contribution >= 4 is 33.3 Å². The monoisotopic (exact) mass is 398 g/mol. The van der Waals surface area contributed by atoms with Gasteiger partial charge in [0.05, 0.1) is 18.4 Å². The average Bonchev–Trinajstić information content (AvgIpc) is 3.12. The molecule has 0 spiro atoms. The molecule has 4 nitrogen and oxygen atoms in total. The lowest BCUT2D eigenvalue weighted by Crippen LogP contribution is -2.09. The SMILES string of the molecule is COc1ccc(-c2cc3nc(CSc4ccccc4F)[nH]c(=O)c3s2)cc1. The molecule has 1 N–H and O–H groups in total. The Morgan fingerprint density at radius 2 is 1.96 bits per heavy atom.